The molecule has 2 atom stereocenters. The lowest BCUT2D eigenvalue weighted by Gasteiger charge is -2.36. The number of nitrogens with one attached hydrogen (secondary N) is 1. The van der Waals surface area contributed by atoms with E-state index in [-0.39, 0.29) is 11.8 Å². The molecule has 116 valence electrons. The second kappa shape index (κ2) is 6.81. The lowest BCUT2D eigenvalue weighted by molar-refractivity contribution is 0.267. The van der Waals surface area contributed by atoms with E-state index in [4.69, 9.17) is 11.1 Å². The maximum atomic E-state index is 11.9. The number of benzene rings is 1. The van der Waals surface area contributed by atoms with E-state index >= 15 is 0 Å². The van der Waals surface area contributed by atoms with Crippen LogP contribution in [-0.4, -0.2) is 55.4 Å². The quantitative estimate of drug-likeness (QED) is 0.625. The Hall–Kier alpha value is -1.05. The molecule has 2 rings (SSSR count). The summed E-state index contributed by atoms with van der Waals surface area (Å²) < 4.78 is 23.9. The summed E-state index contributed by atoms with van der Waals surface area (Å²) in [5, 5.41) is 7.34. The minimum atomic E-state index is -3.13. The van der Waals surface area contributed by atoms with Crippen LogP contribution in [0.15, 0.2) is 30.3 Å². The van der Waals surface area contributed by atoms with Crippen LogP contribution in [0, 0.1) is 5.41 Å². The molecule has 1 aromatic carbocycles. The molecule has 0 saturated carbocycles. The first-order chi connectivity index (χ1) is 9.89. The van der Waals surface area contributed by atoms with Gasteiger partial charge in [-0.1, -0.05) is 30.3 Å². The molecule has 0 amide bonds. The van der Waals surface area contributed by atoms with Gasteiger partial charge in [0.15, 0.2) is 9.84 Å². The lowest BCUT2D eigenvalue weighted by Crippen LogP contribution is -2.49. The molecule has 7 heteroatoms. The smallest absolute Gasteiger partial charge is 0.164 e. The van der Waals surface area contributed by atoms with Crippen LogP contribution < -0.4 is 5.73 Å². The Morgan fingerprint density at radius 2 is 2.14 bits per heavy atom. The van der Waals surface area contributed by atoms with Crippen LogP contribution >= 0.6 is 11.8 Å². The average Bonchev–Trinajstić information content (AvgIpc) is 2.44. The van der Waals surface area contributed by atoms with Crippen LogP contribution in [0.3, 0.4) is 0 Å². The standard InChI is InChI=1S/C14H21N3O2S2/c1-21(18,19)13-10-20-8-7-17(13)9-12(14(15)16)11-5-3-2-4-6-11/h2-6,12-13H,7-10H2,1H3,(H3,15,16). The van der Waals surface area contributed by atoms with Crippen molar-refractivity contribution in [1.29, 1.82) is 5.41 Å². The Kier molecular flexibility index (Phi) is 5.29. The highest BCUT2D eigenvalue weighted by Crippen LogP contribution is 2.24. The van der Waals surface area contributed by atoms with Crippen molar-refractivity contribution in [2.45, 2.75) is 11.3 Å². The zero-order chi connectivity index (χ0) is 15.5. The second-order valence-electron chi connectivity index (χ2n) is 5.27. The fourth-order valence-electron chi connectivity index (χ4n) is 2.52. The number of amidine groups is 1. The van der Waals surface area contributed by atoms with E-state index in [1.807, 2.05) is 35.2 Å². The van der Waals surface area contributed by atoms with Crippen LogP contribution in [-0.2, 0) is 9.84 Å². The predicted octanol–water partition coefficient (Wildman–Crippen LogP) is 1.13. The molecule has 0 aromatic heterocycles. The van der Waals surface area contributed by atoms with Crippen molar-refractivity contribution in [3.8, 4) is 0 Å². The van der Waals surface area contributed by atoms with E-state index in [1.165, 1.54) is 6.26 Å². The van der Waals surface area contributed by atoms with E-state index in [1.54, 1.807) is 11.8 Å². The molecule has 3 N–H and O–H groups in total. The zero-order valence-electron chi connectivity index (χ0n) is 12.0. The highest BCUT2D eigenvalue weighted by Gasteiger charge is 2.33. The number of nitrogens with zero attached hydrogens (tertiary/aromatic N) is 1. The molecule has 1 saturated heterocycles. The van der Waals surface area contributed by atoms with E-state index in [0.29, 0.717) is 18.8 Å². The Balaban J connectivity index is 2.21. The maximum Gasteiger partial charge on any atom is 0.164 e. The molecule has 0 bridgehead atoms. The van der Waals surface area contributed by atoms with Gasteiger partial charge in [-0.15, -0.1) is 0 Å². The first-order valence-electron chi connectivity index (χ1n) is 6.79. The van der Waals surface area contributed by atoms with Crippen LogP contribution in [0.4, 0.5) is 0 Å². The zero-order valence-corrected chi connectivity index (χ0v) is 13.7. The Bertz CT molecular complexity index is 589. The lowest BCUT2D eigenvalue weighted by atomic mass is 9.97. The fourth-order valence-corrected chi connectivity index (χ4v) is 5.47. The molecule has 1 fully saturated rings. The van der Waals surface area contributed by atoms with Crippen LogP contribution in [0.25, 0.3) is 0 Å². The Morgan fingerprint density at radius 1 is 1.48 bits per heavy atom. The molecule has 0 aliphatic carbocycles. The van der Waals surface area contributed by atoms with Gasteiger partial charge in [0.25, 0.3) is 0 Å². The van der Waals surface area contributed by atoms with Crippen molar-refractivity contribution >= 4 is 27.4 Å². The average molecular weight is 327 g/mol. The van der Waals surface area contributed by atoms with Gasteiger partial charge in [0.1, 0.15) is 5.37 Å². The molecular formula is C14H21N3O2S2. The third-order valence-electron chi connectivity index (χ3n) is 3.68. The molecule has 5 nitrogen and oxygen atoms in total. The number of hydrogen-bond donors (Lipinski definition) is 2. The van der Waals surface area contributed by atoms with E-state index < -0.39 is 15.2 Å². The topological polar surface area (TPSA) is 87.2 Å². The molecule has 21 heavy (non-hydrogen) atoms. The molecule has 0 radical (unpaired) electrons. The third kappa shape index (κ3) is 4.21. The fraction of sp³-hybridized carbons (Fsp3) is 0.500. The number of nitrogens with two attached hydrogens (primary N) is 1. The van der Waals surface area contributed by atoms with E-state index in [9.17, 15) is 8.42 Å². The van der Waals surface area contributed by atoms with Crippen LogP contribution in [0.2, 0.25) is 0 Å². The third-order valence-corrected chi connectivity index (χ3v) is 6.37. The summed E-state index contributed by atoms with van der Waals surface area (Å²) in [4.78, 5) is 1.95. The molecule has 1 heterocycles. The summed E-state index contributed by atoms with van der Waals surface area (Å²) >= 11 is 1.66. The van der Waals surface area contributed by atoms with Crippen molar-refractivity contribution in [3.05, 3.63) is 35.9 Å². The summed E-state index contributed by atoms with van der Waals surface area (Å²) in [6.07, 6.45) is 1.28. The van der Waals surface area contributed by atoms with Crippen molar-refractivity contribution in [2.75, 3.05) is 30.9 Å². The van der Waals surface area contributed by atoms with Crippen LogP contribution in [0.5, 0.6) is 0 Å². The number of thioether (sulfide) groups is 1. The molecule has 1 aromatic rings. The Labute approximate surface area is 130 Å². The van der Waals surface area contributed by atoms with Crippen molar-refractivity contribution < 1.29 is 8.42 Å². The number of sulfone groups is 1. The number of hydrogen-bond acceptors (Lipinski definition) is 5. The molecular weight excluding hydrogens is 306 g/mol. The van der Waals surface area contributed by atoms with Gasteiger partial charge in [0.2, 0.25) is 0 Å². The minimum absolute atomic E-state index is 0.0756. The van der Waals surface area contributed by atoms with Gasteiger partial charge in [-0.25, -0.2) is 8.42 Å². The first kappa shape index (κ1) is 16.3. The predicted molar refractivity (Wildman–Crippen MR) is 88.6 cm³/mol. The van der Waals surface area contributed by atoms with E-state index in [2.05, 4.69) is 0 Å². The van der Waals surface area contributed by atoms with Gasteiger partial charge in [-0.05, 0) is 5.56 Å². The molecule has 0 spiro atoms. The van der Waals surface area contributed by atoms with Gasteiger partial charge in [-0.2, -0.15) is 11.8 Å². The Morgan fingerprint density at radius 3 is 2.71 bits per heavy atom. The highest BCUT2D eigenvalue weighted by molar-refractivity contribution is 8.00. The molecule has 1 aliphatic rings. The monoisotopic (exact) mass is 327 g/mol. The summed E-state index contributed by atoms with van der Waals surface area (Å²) in [6.45, 7) is 1.18. The van der Waals surface area contributed by atoms with Gasteiger partial charge in [0, 0.05) is 30.9 Å². The summed E-state index contributed by atoms with van der Waals surface area (Å²) in [5.41, 5.74) is 6.70. The van der Waals surface area contributed by atoms with Gasteiger partial charge in [0.05, 0.1) is 11.8 Å². The molecule has 2 unspecified atom stereocenters. The number of rotatable bonds is 5. The molecule has 1 aliphatic heterocycles. The van der Waals surface area contributed by atoms with Gasteiger partial charge in [-0.3, -0.25) is 10.3 Å². The summed E-state index contributed by atoms with van der Waals surface area (Å²) in [5.74, 6) is 1.30. The summed E-state index contributed by atoms with van der Waals surface area (Å²) in [7, 11) is -3.13. The highest BCUT2D eigenvalue weighted by atomic mass is 32.2. The summed E-state index contributed by atoms with van der Waals surface area (Å²) in [6, 6.07) is 9.59. The maximum absolute atomic E-state index is 11.9. The van der Waals surface area contributed by atoms with Crippen molar-refractivity contribution in [3.63, 3.8) is 0 Å². The van der Waals surface area contributed by atoms with Gasteiger partial charge < -0.3 is 5.73 Å². The largest absolute Gasteiger partial charge is 0.387 e. The van der Waals surface area contributed by atoms with E-state index in [0.717, 1.165) is 11.3 Å². The minimum Gasteiger partial charge on any atom is -0.387 e. The van der Waals surface area contributed by atoms with Gasteiger partial charge >= 0.3 is 0 Å². The SMILES string of the molecule is CS(=O)(=O)C1CSCCN1CC(C(=N)N)c1ccccc1. The first-order valence-corrected chi connectivity index (χ1v) is 9.90. The normalized spacial score (nSPS) is 21.9. The van der Waals surface area contributed by atoms with Crippen molar-refractivity contribution in [2.24, 2.45) is 5.73 Å². The van der Waals surface area contributed by atoms with Crippen LogP contribution in [0.1, 0.15) is 11.5 Å². The van der Waals surface area contributed by atoms with Crippen molar-refractivity contribution in [1.82, 2.24) is 4.90 Å². The second-order valence-corrected chi connectivity index (χ2v) is 8.63.